The van der Waals surface area contributed by atoms with Gasteiger partial charge in [0, 0.05) is 43.6 Å². The number of benzene rings is 2. The summed E-state index contributed by atoms with van der Waals surface area (Å²) in [6, 6.07) is 21.5. The van der Waals surface area contributed by atoms with Gasteiger partial charge in [0.25, 0.3) is 0 Å². The molecule has 0 aliphatic carbocycles. The lowest BCUT2D eigenvalue weighted by Gasteiger charge is -2.24. The zero-order valence-corrected chi connectivity index (χ0v) is 22.2. The van der Waals surface area contributed by atoms with Crippen LogP contribution in [0.1, 0.15) is 24.1 Å². The zero-order chi connectivity index (χ0) is 28.0. The van der Waals surface area contributed by atoms with Crippen molar-refractivity contribution in [1.29, 1.82) is 0 Å². The SMILES string of the molecule is NCCN(CCN)C(=O)C[C@H](N)C(=O)N[C@@H](CCc1ccccc1)C(=O)Cc1ccc(-c2ccccc2)cn1. The average Bonchev–Trinajstić information content (AvgIpc) is 2.96. The van der Waals surface area contributed by atoms with Crippen LogP contribution in [0, 0.1) is 0 Å². The maximum Gasteiger partial charge on any atom is 0.238 e. The van der Waals surface area contributed by atoms with Gasteiger partial charge in [0.2, 0.25) is 11.8 Å². The smallest absolute Gasteiger partial charge is 0.238 e. The lowest BCUT2D eigenvalue weighted by atomic mass is 9.98. The Morgan fingerprint density at radius 3 is 2.08 bits per heavy atom. The molecule has 1 heterocycles. The predicted octanol–water partition coefficient (Wildman–Crippen LogP) is 1.44. The first-order valence-corrected chi connectivity index (χ1v) is 13.2. The summed E-state index contributed by atoms with van der Waals surface area (Å²) in [7, 11) is 0. The lowest BCUT2D eigenvalue weighted by Crippen LogP contribution is -2.51. The molecular weight excluding hydrogens is 492 g/mol. The second kappa shape index (κ2) is 15.5. The Morgan fingerprint density at radius 2 is 1.49 bits per heavy atom. The molecule has 2 atom stereocenters. The molecule has 0 spiro atoms. The fourth-order valence-electron chi connectivity index (χ4n) is 4.26. The largest absolute Gasteiger partial charge is 0.345 e. The summed E-state index contributed by atoms with van der Waals surface area (Å²) < 4.78 is 0. The molecule has 1 aromatic heterocycles. The summed E-state index contributed by atoms with van der Waals surface area (Å²) in [6.07, 6.45) is 2.58. The standard InChI is InChI=1S/C30H38N6O3/c31-15-17-36(18-16-32)29(38)20-26(33)30(39)35-27(14-11-22-7-3-1-4-8-22)28(37)19-25-13-12-24(21-34-25)23-9-5-2-6-10-23/h1-10,12-13,21,26-27H,11,14-20,31-33H2,(H,35,39)/t26-,27-/m0/s1. The highest BCUT2D eigenvalue weighted by molar-refractivity contribution is 5.93. The number of nitrogens with zero attached hydrogens (tertiary/aromatic N) is 2. The summed E-state index contributed by atoms with van der Waals surface area (Å²) in [5, 5.41) is 2.79. The Hall–Kier alpha value is -3.92. The number of ketones is 1. The monoisotopic (exact) mass is 530 g/mol. The van der Waals surface area contributed by atoms with Gasteiger partial charge in [0.05, 0.1) is 24.9 Å². The molecule has 2 amide bonds. The van der Waals surface area contributed by atoms with Crippen molar-refractivity contribution in [3.05, 3.63) is 90.3 Å². The molecule has 9 nitrogen and oxygen atoms in total. The molecule has 0 aliphatic rings. The highest BCUT2D eigenvalue weighted by atomic mass is 16.2. The van der Waals surface area contributed by atoms with Gasteiger partial charge in [-0.25, -0.2) is 0 Å². The fourth-order valence-corrected chi connectivity index (χ4v) is 4.26. The predicted molar refractivity (Wildman–Crippen MR) is 152 cm³/mol. The molecule has 39 heavy (non-hydrogen) atoms. The van der Waals surface area contributed by atoms with E-state index >= 15 is 0 Å². The molecule has 0 aliphatic heterocycles. The third-order valence-electron chi connectivity index (χ3n) is 6.44. The van der Waals surface area contributed by atoms with Gasteiger partial charge in [-0.1, -0.05) is 66.7 Å². The number of aromatic nitrogens is 1. The maximum atomic E-state index is 13.3. The molecule has 0 saturated carbocycles. The van der Waals surface area contributed by atoms with Crippen molar-refractivity contribution in [2.75, 3.05) is 26.2 Å². The minimum Gasteiger partial charge on any atom is -0.345 e. The van der Waals surface area contributed by atoms with Gasteiger partial charge in [-0.2, -0.15) is 0 Å². The van der Waals surface area contributed by atoms with Gasteiger partial charge in [-0.3, -0.25) is 19.4 Å². The van der Waals surface area contributed by atoms with Crippen molar-refractivity contribution in [1.82, 2.24) is 15.2 Å². The van der Waals surface area contributed by atoms with E-state index in [-0.39, 0.29) is 37.6 Å². The van der Waals surface area contributed by atoms with Crippen molar-refractivity contribution < 1.29 is 14.4 Å². The number of pyridine rings is 1. The van der Waals surface area contributed by atoms with Crippen molar-refractivity contribution in [3.63, 3.8) is 0 Å². The Bertz CT molecular complexity index is 1180. The summed E-state index contributed by atoms with van der Waals surface area (Å²) >= 11 is 0. The van der Waals surface area contributed by atoms with Crippen LogP contribution in [0.25, 0.3) is 11.1 Å². The van der Waals surface area contributed by atoms with Crippen molar-refractivity contribution in [3.8, 4) is 11.1 Å². The number of rotatable bonds is 15. The quantitative estimate of drug-likeness (QED) is 0.231. The molecule has 7 N–H and O–H groups in total. The Morgan fingerprint density at radius 1 is 0.846 bits per heavy atom. The number of hydrogen-bond donors (Lipinski definition) is 4. The van der Waals surface area contributed by atoms with Gasteiger partial charge in [0.15, 0.2) is 5.78 Å². The summed E-state index contributed by atoms with van der Waals surface area (Å²) in [6.45, 7) is 1.23. The van der Waals surface area contributed by atoms with Crippen LogP contribution in [0.2, 0.25) is 0 Å². The highest BCUT2D eigenvalue weighted by Gasteiger charge is 2.26. The van der Waals surface area contributed by atoms with Crippen LogP contribution in [-0.2, 0) is 27.2 Å². The first-order chi connectivity index (χ1) is 18.9. The first kappa shape index (κ1) is 29.6. The molecule has 3 rings (SSSR count). The van der Waals surface area contributed by atoms with Crippen LogP contribution in [0.5, 0.6) is 0 Å². The van der Waals surface area contributed by atoms with Gasteiger partial charge < -0.3 is 27.4 Å². The fraction of sp³-hybridized carbons (Fsp3) is 0.333. The molecule has 0 radical (unpaired) electrons. The second-order valence-corrected chi connectivity index (χ2v) is 9.40. The number of nitrogens with one attached hydrogen (secondary N) is 1. The number of hydrogen-bond acceptors (Lipinski definition) is 7. The summed E-state index contributed by atoms with van der Waals surface area (Å²) in [4.78, 5) is 44.9. The van der Waals surface area contributed by atoms with Crippen LogP contribution in [0.4, 0.5) is 0 Å². The molecule has 0 saturated heterocycles. The summed E-state index contributed by atoms with van der Waals surface area (Å²) in [5.41, 5.74) is 20.9. The molecule has 0 bridgehead atoms. The van der Waals surface area contributed by atoms with E-state index in [2.05, 4.69) is 10.3 Å². The number of carbonyl (C=O) groups excluding carboxylic acids is 3. The van der Waals surface area contributed by atoms with Gasteiger partial charge in [0.1, 0.15) is 0 Å². The minimum absolute atomic E-state index is 0.0593. The number of aryl methyl sites for hydroxylation is 1. The third kappa shape index (κ3) is 9.40. The lowest BCUT2D eigenvalue weighted by molar-refractivity contribution is -0.134. The number of Topliss-reactive ketones (excluding diaryl/α,β-unsaturated/α-hetero) is 1. The van der Waals surface area contributed by atoms with Gasteiger partial charge in [-0.15, -0.1) is 0 Å². The van der Waals surface area contributed by atoms with Gasteiger partial charge >= 0.3 is 0 Å². The van der Waals surface area contributed by atoms with E-state index in [1.165, 1.54) is 4.90 Å². The van der Waals surface area contributed by atoms with E-state index in [1.54, 1.807) is 6.20 Å². The normalized spacial score (nSPS) is 12.4. The second-order valence-electron chi connectivity index (χ2n) is 9.40. The molecule has 206 valence electrons. The molecule has 2 aromatic carbocycles. The van der Waals surface area contributed by atoms with Crippen LogP contribution in [0.3, 0.4) is 0 Å². The molecule has 9 heteroatoms. The van der Waals surface area contributed by atoms with Crippen molar-refractivity contribution >= 4 is 17.6 Å². The first-order valence-electron chi connectivity index (χ1n) is 13.2. The Kier molecular flexibility index (Phi) is 11.8. The van der Waals surface area contributed by atoms with E-state index < -0.39 is 18.0 Å². The van der Waals surface area contributed by atoms with Crippen LogP contribution in [-0.4, -0.2) is 65.7 Å². The maximum absolute atomic E-state index is 13.3. The zero-order valence-electron chi connectivity index (χ0n) is 22.2. The third-order valence-corrected chi connectivity index (χ3v) is 6.44. The topological polar surface area (TPSA) is 157 Å². The average molecular weight is 531 g/mol. The van der Waals surface area contributed by atoms with Gasteiger partial charge in [-0.05, 0) is 30.0 Å². The summed E-state index contributed by atoms with van der Waals surface area (Å²) in [5.74, 6) is -1.03. The number of amides is 2. The number of nitrogens with two attached hydrogens (primary N) is 3. The highest BCUT2D eigenvalue weighted by Crippen LogP contribution is 2.18. The van der Waals surface area contributed by atoms with E-state index in [0.717, 1.165) is 16.7 Å². The molecule has 3 aromatic rings. The molecule has 0 unspecified atom stereocenters. The van der Waals surface area contributed by atoms with Crippen LogP contribution >= 0.6 is 0 Å². The van der Waals surface area contributed by atoms with Crippen LogP contribution in [0.15, 0.2) is 79.0 Å². The Balaban J connectivity index is 1.67. The van der Waals surface area contributed by atoms with E-state index in [1.807, 2.05) is 72.8 Å². The Labute approximate surface area is 229 Å². The number of carbonyl (C=O) groups is 3. The molecule has 0 fully saturated rings. The van der Waals surface area contributed by atoms with Crippen LogP contribution < -0.4 is 22.5 Å². The van der Waals surface area contributed by atoms with Crippen molar-refractivity contribution in [2.45, 2.75) is 37.8 Å². The molecular formula is C30H38N6O3. The van der Waals surface area contributed by atoms with Crippen molar-refractivity contribution in [2.24, 2.45) is 17.2 Å². The van der Waals surface area contributed by atoms with E-state index in [0.29, 0.717) is 31.6 Å². The minimum atomic E-state index is -1.11. The van der Waals surface area contributed by atoms with E-state index in [4.69, 9.17) is 17.2 Å². The van der Waals surface area contributed by atoms with E-state index in [9.17, 15) is 14.4 Å².